The molecule has 0 radical (unpaired) electrons. The fourth-order valence-corrected chi connectivity index (χ4v) is 3.05. The van der Waals surface area contributed by atoms with Crippen LogP contribution >= 0.6 is 11.3 Å². The van der Waals surface area contributed by atoms with Crippen LogP contribution in [0.4, 0.5) is 0 Å². The maximum Gasteiger partial charge on any atom is 0.175 e. The van der Waals surface area contributed by atoms with Gasteiger partial charge in [-0.25, -0.2) is 8.42 Å². The van der Waals surface area contributed by atoms with Crippen molar-refractivity contribution in [2.24, 2.45) is 5.73 Å². The number of ether oxygens (including phenoxy) is 1. The highest BCUT2D eigenvalue weighted by Crippen LogP contribution is 2.21. The van der Waals surface area contributed by atoms with Gasteiger partial charge in [-0.05, 0) is 29.6 Å². The Balaban J connectivity index is 2.12. The first-order valence-corrected chi connectivity index (χ1v) is 8.96. The lowest BCUT2D eigenvalue weighted by Crippen LogP contribution is -1.99. The van der Waals surface area contributed by atoms with Gasteiger partial charge in [0.2, 0.25) is 0 Å². The second-order valence-corrected chi connectivity index (χ2v) is 7.32. The van der Waals surface area contributed by atoms with Crippen molar-refractivity contribution in [2.75, 3.05) is 12.8 Å². The molecule has 2 rings (SSSR count). The first kappa shape index (κ1) is 15.6. The van der Waals surface area contributed by atoms with Crippen LogP contribution in [-0.4, -0.2) is 21.2 Å². The Bertz CT molecular complexity index is 782. The second kappa shape index (κ2) is 6.76. The normalized spacial score (nSPS) is 10.8. The smallest absolute Gasteiger partial charge is 0.175 e. The predicted octanol–water partition coefficient (Wildman–Crippen LogP) is 2.04. The third kappa shape index (κ3) is 4.33. The van der Waals surface area contributed by atoms with E-state index < -0.39 is 9.84 Å². The SMILES string of the molecule is CS(=O)(=O)c1cccc(OCc2sccc2C#CCN)c1. The zero-order valence-corrected chi connectivity index (χ0v) is 13.1. The molecule has 21 heavy (non-hydrogen) atoms. The Labute approximate surface area is 128 Å². The first-order valence-electron chi connectivity index (χ1n) is 6.19. The second-order valence-electron chi connectivity index (χ2n) is 4.30. The molecule has 2 aromatic rings. The Morgan fingerprint density at radius 2 is 2.14 bits per heavy atom. The number of sulfone groups is 1. The van der Waals surface area contributed by atoms with E-state index in [0.29, 0.717) is 18.9 Å². The van der Waals surface area contributed by atoms with Crippen LogP contribution < -0.4 is 10.5 Å². The molecular weight excluding hydrogens is 306 g/mol. The van der Waals surface area contributed by atoms with Gasteiger partial charge in [-0.3, -0.25) is 0 Å². The third-order valence-corrected chi connectivity index (χ3v) is 4.68. The molecule has 0 spiro atoms. The molecule has 0 saturated carbocycles. The van der Waals surface area contributed by atoms with Crippen LogP contribution in [0.1, 0.15) is 10.4 Å². The quantitative estimate of drug-likeness (QED) is 0.875. The van der Waals surface area contributed by atoms with E-state index in [4.69, 9.17) is 10.5 Å². The van der Waals surface area contributed by atoms with Crippen LogP contribution in [0.2, 0.25) is 0 Å². The first-order chi connectivity index (χ1) is 10.0. The van der Waals surface area contributed by atoms with Crippen LogP contribution in [0.25, 0.3) is 0 Å². The maximum absolute atomic E-state index is 11.5. The van der Waals surface area contributed by atoms with Crippen molar-refractivity contribution in [1.29, 1.82) is 0 Å². The average molecular weight is 321 g/mol. The van der Waals surface area contributed by atoms with E-state index in [1.54, 1.807) is 29.5 Å². The van der Waals surface area contributed by atoms with E-state index in [9.17, 15) is 8.42 Å². The fraction of sp³-hybridized carbons (Fsp3) is 0.200. The van der Waals surface area contributed by atoms with Gasteiger partial charge in [-0.15, -0.1) is 11.3 Å². The van der Waals surface area contributed by atoms with Gasteiger partial charge in [0.1, 0.15) is 12.4 Å². The van der Waals surface area contributed by atoms with E-state index in [-0.39, 0.29) is 4.90 Å². The van der Waals surface area contributed by atoms with E-state index in [1.807, 2.05) is 11.4 Å². The molecule has 0 amide bonds. The predicted molar refractivity (Wildman–Crippen MR) is 84.1 cm³/mol. The molecule has 1 aromatic heterocycles. The van der Waals surface area contributed by atoms with Crippen LogP contribution in [0, 0.1) is 11.8 Å². The molecule has 0 fully saturated rings. The zero-order chi connectivity index (χ0) is 15.3. The van der Waals surface area contributed by atoms with E-state index in [2.05, 4.69) is 11.8 Å². The minimum Gasteiger partial charge on any atom is -0.488 e. The van der Waals surface area contributed by atoms with Gasteiger partial charge in [-0.1, -0.05) is 17.9 Å². The molecule has 0 unspecified atom stereocenters. The number of benzene rings is 1. The van der Waals surface area contributed by atoms with Gasteiger partial charge < -0.3 is 10.5 Å². The lowest BCUT2D eigenvalue weighted by Gasteiger charge is -2.06. The van der Waals surface area contributed by atoms with Crippen molar-refractivity contribution in [3.8, 4) is 17.6 Å². The number of hydrogen-bond donors (Lipinski definition) is 1. The lowest BCUT2D eigenvalue weighted by molar-refractivity contribution is 0.308. The monoisotopic (exact) mass is 321 g/mol. The van der Waals surface area contributed by atoms with Crippen molar-refractivity contribution in [2.45, 2.75) is 11.5 Å². The molecular formula is C15H15NO3S2. The fourth-order valence-electron chi connectivity index (χ4n) is 1.65. The summed E-state index contributed by atoms with van der Waals surface area (Å²) in [6.45, 7) is 0.659. The molecule has 0 saturated heterocycles. The molecule has 1 aromatic carbocycles. The van der Waals surface area contributed by atoms with Crippen molar-refractivity contribution in [1.82, 2.24) is 0 Å². The zero-order valence-electron chi connectivity index (χ0n) is 11.5. The number of rotatable bonds is 4. The number of hydrogen-bond acceptors (Lipinski definition) is 5. The lowest BCUT2D eigenvalue weighted by atomic mass is 10.2. The molecule has 110 valence electrons. The molecule has 4 nitrogen and oxygen atoms in total. The Morgan fingerprint density at radius 1 is 1.33 bits per heavy atom. The summed E-state index contributed by atoms with van der Waals surface area (Å²) in [5.74, 6) is 6.31. The van der Waals surface area contributed by atoms with Crippen molar-refractivity contribution < 1.29 is 13.2 Å². The van der Waals surface area contributed by atoms with Crippen LogP contribution in [0.3, 0.4) is 0 Å². The van der Waals surface area contributed by atoms with Crippen LogP contribution in [0.15, 0.2) is 40.6 Å². The molecule has 0 bridgehead atoms. The Kier molecular flexibility index (Phi) is 5.02. The van der Waals surface area contributed by atoms with E-state index in [0.717, 1.165) is 10.4 Å². The summed E-state index contributed by atoms with van der Waals surface area (Å²) in [5.41, 5.74) is 6.25. The van der Waals surface area contributed by atoms with Gasteiger partial charge in [0.05, 0.1) is 16.3 Å². The summed E-state index contributed by atoms with van der Waals surface area (Å²) < 4.78 is 28.7. The van der Waals surface area contributed by atoms with E-state index >= 15 is 0 Å². The van der Waals surface area contributed by atoms with Gasteiger partial charge in [0.15, 0.2) is 9.84 Å². The van der Waals surface area contributed by atoms with E-state index in [1.165, 1.54) is 12.3 Å². The summed E-state index contributed by atoms with van der Waals surface area (Å²) in [7, 11) is -3.23. The molecule has 6 heteroatoms. The maximum atomic E-state index is 11.5. The molecule has 0 aliphatic carbocycles. The molecule has 0 aliphatic rings. The minimum absolute atomic E-state index is 0.245. The van der Waals surface area contributed by atoms with Crippen molar-refractivity contribution in [3.05, 3.63) is 46.2 Å². The van der Waals surface area contributed by atoms with Gasteiger partial charge in [0.25, 0.3) is 0 Å². The molecule has 1 heterocycles. The summed E-state index contributed by atoms with van der Waals surface area (Å²) in [6.07, 6.45) is 1.17. The summed E-state index contributed by atoms with van der Waals surface area (Å²) in [6, 6.07) is 8.38. The Morgan fingerprint density at radius 3 is 2.86 bits per heavy atom. The Hall–Kier alpha value is -1.81. The number of nitrogens with two attached hydrogens (primary N) is 1. The third-order valence-electron chi connectivity index (χ3n) is 2.67. The van der Waals surface area contributed by atoms with Crippen LogP contribution in [-0.2, 0) is 16.4 Å². The average Bonchev–Trinajstić information content (AvgIpc) is 2.90. The molecule has 2 N–H and O–H groups in total. The highest BCUT2D eigenvalue weighted by Gasteiger charge is 2.09. The standard InChI is InChI=1S/C15H15NO3S2/c1-21(17,18)14-6-2-5-13(10-14)19-11-15-12(4-3-8-16)7-9-20-15/h2,5-7,9-10H,8,11,16H2,1H3. The summed E-state index contributed by atoms with van der Waals surface area (Å²) in [5, 5.41) is 1.94. The highest BCUT2D eigenvalue weighted by atomic mass is 32.2. The van der Waals surface area contributed by atoms with Crippen molar-refractivity contribution >= 4 is 21.2 Å². The highest BCUT2D eigenvalue weighted by molar-refractivity contribution is 7.90. The van der Waals surface area contributed by atoms with Crippen LogP contribution in [0.5, 0.6) is 5.75 Å². The largest absolute Gasteiger partial charge is 0.488 e. The summed E-state index contributed by atoms with van der Waals surface area (Å²) in [4.78, 5) is 1.23. The van der Waals surface area contributed by atoms with Gasteiger partial charge in [0, 0.05) is 11.8 Å². The van der Waals surface area contributed by atoms with Gasteiger partial charge >= 0.3 is 0 Å². The van der Waals surface area contributed by atoms with Gasteiger partial charge in [-0.2, -0.15) is 0 Å². The minimum atomic E-state index is -3.23. The van der Waals surface area contributed by atoms with Crippen molar-refractivity contribution in [3.63, 3.8) is 0 Å². The summed E-state index contributed by atoms with van der Waals surface area (Å²) >= 11 is 1.54. The molecule has 0 atom stereocenters. The topological polar surface area (TPSA) is 69.4 Å². The molecule has 0 aliphatic heterocycles. The number of thiophene rings is 1.